The summed E-state index contributed by atoms with van der Waals surface area (Å²) in [6.07, 6.45) is 1.47. The molecule has 9 nitrogen and oxygen atoms in total. The van der Waals surface area contributed by atoms with Crippen LogP contribution in [0.1, 0.15) is 39.5 Å². The first-order valence-corrected chi connectivity index (χ1v) is 16.0. The standard InChI is InChI=1S/C39H37ClN2O7/c1-4-46-36-20-29(15-17-34(36)48-25-28-13-9-6-10-14-28)26-49-38-32(40)19-30(21-37(38)45-3)23-41-42-39(43)31-16-18-33(35(22-31)44-2)47-24-27-11-7-5-8-12-27/h5-23H,4,24-26H2,1-3H3,(H,42,43)/b41-23+. The van der Waals surface area contributed by atoms with E-state index in [2.05, 4.69) is 10.5 Å². The van der Waals surface area contributed by atoms with E-state index < -0.39 is 5.91 Å². The zero-order chi connectivity index (χ0) is 34.4. The Morgan fingerprint density at radius 1 is 0.653 bits per heavy atom. The number of hydrazone groups is 1. The van der Waals surface area contributed by atoms with Crippen molar-refractivity contribution >= 4 is 23.7 Å². The van der Waals surface area contributed by atoms with Crippen LogP contribution in [0.2, 0.25) is 5.02 Å². The van der Waals surface area contributed by atoms with Crippen molar-refractivity contribution in [3.05, 3.63) is 142 Å². The van der Waals surface area contributed by atoms with Crippen molar-refractivity contribution in [3.8, 4) is 34.5 Å². The molecule has 0 fully saturated rings. The molecule has 252 valence electrons. The molecule has 5 rings (SSSR count). The van der Waals surface area contributed by atoms with Crippen molar-refractivity contribution in [1.82, 2.24) is 5.43 Å². The Kier molecular flexibility index (Phi) is 12.4. The summed E-state index contributed by atoms with van der Waals surface area (Å²) < 4.78 is 34.8. The third kappa shape index (κ3) is 9.68. The molecule has 0 aliphatic heterocycles. The maximum Gasteiger partial charge on any atom is 0.271 e. The van der Waals surface area contributed by atoms with Crippen molar-refractivity contribution in [1.29, 1.82) is 0 Å². The highest BCUT2D eigenvalue weighted by atomic mass is 35.5. The normalized spacial score (nSPS) is 10.8. The van der Waals surface area contributed by atoms with Crippen molar-refractivity contribution in [2.75, 3.05) is 20.8 Å². The van der Waals surface area contributed by atoms with Crippen LogP contribution < -0.4 is 33.8 Å². The average Bonchev–Trinajstić information content (AvgIpc) is 3.13. The molecular formula is C39H37ClN2O7. The Balaban J connectivity index is 1.19. The molecule has 5 aromatic carbocycles. The molecule has 0 radical (unpaired) electrons. The van der Waals surface area contributed by atoms with Crippen LogP contribution in [0.25, 0.3) is 0 Å². The maximum atomic E-state index is 12.8. The van der Waals surface area contributed by atoms with Crippen molar-refractivity contribution < 1.29 is 33.2 Å². The average molecular weight is 681 g/mol. The van der Waals surface area contributed by atoms with Gasteiger partial charge >= 0.3 is 0 Å². The minimum Gasteiger partial charge on any atom is -0.493 e. The Morgan fingerprint density at radius 2 is 1.27 bits per heavy atom. The Morgan fingerprint density at radius 3 is 1.90 bits per heavy atom. The summed E-state index contributed by atoms with van der Waals surface area (Å²) >= 11 is 6.61. The number of halogens is 1. The van der Waals surface area contributed by atoms with Gasteiger partial charge in [0, 0.05) is 5.56 Å². The number of nitrogens with zero attached hydrogens (tertiary/aromatic N) is 1. The fraction of sp³-hybridized carbons (Fsp3) is 0.179. The largest absolute Gasteiger partial charge is 0.493 e. The predicted molar refractivity (Wildman–Crippen MR) is 190 cm³/mol. The van der Waals surface area contributed by atoms with E-state index in [1.54, 1.807) is 30.3 Å². The van der Waals surface area contributed by atoms with Crippen LogP contribution in [-0.4, -0.2) is 32.9 Å². The van der Waals surface area contributed by atoms with Gasteiger partial charge in [0.1, 0.15) is 19.8 Å². The summed E-state index contributed by atoms with van der Waals surface area (Å²) in [5.74, 6) is 2.57. The second kappa shape index (κ2) is 17.5. The molecule has 0 spiro atoms. The van der Waals surface area contributed by atoms with Gasteiger partial charge in [0.05, 0.1) is 32.1 Å². The van der Waals surface area contributed by atoms with E-state index in [4.69, 9.17) is 40.0 Å². The van der Waals surface area contributed by atoms with E-state index in [-0.39, 0.29) is 6.61 Å². The topological polar surface area (TPSA) is 96.8 Å². The number of carbonyl (C=O) groups excluding carboxylic acids is 1. The summed E-state index contributed by atoms with van der Waals surface area (Å²) in [6.45, 7) is 3.41. The Bertz CT molecular complexity index is 1870. The van der Waals surface area contributed by atoms with Gasteiger partial charge in [0.15, 0.2) is 34.5 Å². The van der Waals surface area contributed by atoms with Crippen LogP contribution in [0.4, 0.5) is 0 Å². The quantitative estimate of drug-likeness (QED) is 0.0828. The molecule has 49 heavy (non-hydrogen) atoms. The lowest BCUT2D eigenvalue weighted by molar-refractivity contribution is 0.0954. The second-order valence-corrected chi connectivity index (χ2v) is 11.1. The zero-order valence-electron chi connectivity index (χ0n) is 27.5. The lowest BCUT2D eigenvalue weighted by Gasteiger charge is -2.16. The van der Waals surface area contributed by atoms with E-state index in [0.717, 1.165) is 16.7 Å². The number of hydrogen-bond acceptors (Lipinski definition) is 8. The number of amides is 1. The molecule has 0 unspecified atom stereocenters. The van der Waals surface area contributed by atoms with Gasteiger partial charge in [-0.05, 0) is 71.6 Å². The number of nitrogens with one attached hydrogen (secondary N) is 1. The molecule has 0 heterocycles. The number of hydrogen-bond donors (Lipinski definition) is 1. The molecule has 10 heteroatoms. The summed E-state index contributed by atoms with van der Waals surface area (Å²) in [7, 11) is 3.04. The molecule has 0 atom stereocenters. The first kappa shape index (κ1) is 34.7. The van der Waals surface area contributed by atoms with Gasteiger partial charge in [-0.2, -0.15) is 5.10 Å². The summed E-state index contributed by atoms with van der Waals surface area (Å²) in [4.78, 5) is 12.8. The first-order valence-electron chi connectivity index (χ1n) is 15.6. The highest BCUT2D eigenvalue weighted by Crippen LogP contribution is 2.37. The van der Waals surface area contributed by atoms with Crippen LogP contribution in [0.3, 0.4) is 0 Å². The van der Waals surface area contributed by atoms with Crippen LogP contribution in [-0.2, 0) is 19.8 Å². The number of methoxy groups -OCH3 is 2. The SMILES string of the molecule is CCOc1cc(COc2c(Cl)cc(/C=N/NC(=O)c3ccc(OCc4ccccc4)c(OC)c3)cc2OC)ccc1OCc1ccccc1. The van der Waals surface area contributed by atoms with Crippen LogP contribution >= 0.6 is 11.6 Å². The van der Waals surface area contributed by atoms with Gasteiger partial charge in [0.2, 0.25) is 0 Å². The van der Waals surface area contributed by atoms with Gasteiger partial charge in [-0.25, -0.2) is 5.43 Å². The minimum absolute atomic E-state index is 0.207. The Labute approximate surface area is 291 Å². The van der Waals surface area contributed by atoms with E-state index >= 15 is 0 Å². The molecule has 1 N–H and O–H groups in total. The minimum atomic E-state index is -0.426. The van der Waals surface area contributed by atoms with Crippen molar-refractivity contribution in [2.24, 2.45) is 5.10 Å². The summed E-state index contributed by atoms with van der Waals surface area (Å²) in [5, 5.41) is 4.42. The van der Waals surface area contributed by atoms with Gasteiger partial charge in [0.25, 0.3) is 5.91 Å². The Hall–Kier alpha value is -5.67. The van der Waals surface area contributed by atoms with E-state index in [9.17, 15) is 4.79 Å². The molecule has 0 aliphatic carbocycles. The molecule has 0 aromatic heterocycles. The maximum absolute atomic E-state index is 12.8. The van der Waals surface area contributed by atoms with Gasteiger partial charge in [-0.3, -0.25) is 4.79 Å². The lowest BCUT2D eigenvalue weighted by atomic mass is 10.2. The smallest absolute Gasteiger partial charge is 0.271 e. The number of ether oxygens (including phenoxy) is 6. The second-order valence-electron chi connectivity index (χ2n) is 10.7. The monoisotopic (exact) mass is 680 g/mol. The number of carbonyl (C=O) groups is 1. The molecule has 0 saturated carbocycles. The third-order valence-electron chi connectivity index (χ3n) is 7.22. The van der Waals surface area contributed by atoms with E-state index in [1.165, 1.54) is 20.4 Å². The third-order valence-corrected chi connectivity index (χ3v) is 7.50. The molecule has 0 aliphatic rings. The van der Waals surface area contributed by atoms with Crippen LogP contribution in [0.5, 0.6) is 34.5 Å². The highest BCUT2D eigenvalue weighted by Gasteiger charge is 2.15. The van der Waals surface area contributed by atoms with Gasteiger partial charge in [-0.15, -0.1) is 0 Å². The highest BCUT2D eigenvalue weighted by molar-refractivity contribution is 6.32. The van der Waals surface area contributed by atoms with Gasteiger partial charge in [-0.1, -0.05) is 78.3 Å². The predicted octanol–water partition coefficient (Wildman–Crippen LogP) is 8.26. The van der Waals surface area contributed by atoms with Gasteiger partial charge < -0.3 is 28.4 Å². The number of benzene rings is 5. The first-order chi connectivity index (χ1) is 24.0. The van der Waals surface area contributed by atoms with E-state index in [1.807, 2.05) is 85.8 Å². The van der Waals surface area contributed by atoms with Crippen molar-refractivity contribution in [2.45, 2.75) is 26.7 Å². The molecule has 5 aromatic rings. The van der Waals surface area contributed by atoms with Crippen molar-refractivity contribution in [3.63, 3.8) is 0 Å². The van der Waals surface area contributed by atoms with Crippen LogP contribution in [0, 0.1) is 0 Å². The lowest BCUT2D eigenvalue weighted by Crippen LogP contribution is -2.17. The fourth-order valence-corrected chi connectivity index (χ4v) is 5.04. The zero-order valence-corrected chi connectivity index (χ0v) is 28.2. The number of rotatable bonds is 16. The van der Waals surface area contributed by atoms with Crippen LogP contribution in [0.15, 0.2) is 114 Å². The molecule has 1 amide bonds. The van der Waals surface area contributed by atoms with E-state index in [0.29, 0.717) is 70.5 Å². The fourth-order valence-electron chi connectivity index (χ4n) is 4.77. The molecule has 0 bridgehead atoms. The summed E-state index contributed by atoms with van der Waals surface area (Å²) in [6, 6.07) is 33.7. The summed E-state index contributed by atoms with van der Waals surface area (Å²) in [5.41, 5.74) is 6.41. The molecule has 0 saturated heterocycles. The molecular weight excluding hydrogens is 644 g/mol.